The van der Waals surface area contributed by atoms with Gasteiger partial charge in [0.2, 0.25) is 0 Å². The molecule has 0 aliphatic heterocycles. The smallest absolute Gasteiger partial charge is 0.264 e. The van der Waals surface area contributed by atoms with Gasteiger partial charge in [-0.1, -0.05) is 56.9 Å². The van der Waals surface area contributed by atoms with Crippen LogP contribution in [-0.4, -0.2) is 19.6 Å². The van der Waals surface area contributed by atoms with Crippen LogP contribution >= 0.6 is 0 Å². The van der Waals surface area contributed by atoms with Crippen LogP contribution in [0, 0.1) is 28.6 Å². The van der Waals surface area contributed by atoms with Gasteiger partial charge in [-0.05, 0) is 74.0 Å². The van der Waals surface area contributed by atoms with Crippen molar-refractivity contribution in [3.63, 3.8) is 0 Å². The standard InChI is InChI=1S/C11H18.C5H12.C2H6O4S.3CH4/c1-11-5-8-2-9(6-11)4-10(3-8)7-11;1-5(2,3)4;1-2-6-7(3,4)5;;;/h8-10H,2-7H2,1H3;1-4H3;2H2,1H3,(H,3,4,5);3*1H4. The Hall–Kier alpha value is -0.130. The maximum Gasteiger partial charge on any atom is 0.397 e. The highest BCUT2D eigenvalue weighted by Crippen LogP contribution is 2.59. The summed E-state index contributed by atoms with van der Waals surface area (Å²) >= 11 is 0. The Bertz CT molecular complexity index is 422. The van der Waals surface area contributed by atoms with Crippen LogP contribution in [0.25, 0.3) is 0 Å². The monoisotopic (exact) mass is 396 g/mol. The van der Waals surface area contributed by atoms with E-state index < -0.39 is 10.4 Å². The minimum Gasteiger partial charge on any atom is -0.264 e. The van der Waals surface area contributed by atoms with Crippen molar-refractivity contribution in [2.45, 2.75) is 102 Å². The summed E-state index contributed by atoms with van der Waals surface area (Å²) in [6.07, 6.45) is 9.48. The van der Waals surface area contributed by atoms with E-state index in [9.17, 15) is 8.42 Å². The molecular weight excluding hydrogens is 348 g/mol. The van der Waals surface area contributed by atoms with E-state index in [1.807, 2.05) is 0 Å². The lowest BCUT2D eigenvalue weighted by Gasteiger charge is -2.55. The Morgan fingerprint density at radius 3 is 1.31 bits per heavy atom. The highest BCUT2D eigenvalue weighted by Gasteiger charge is 2.48. The van der Waals surface area contributed by atoms with Crippen LogP contribution in [0.4, 0.5) is 0 Å². The van der Waals surface area contributed by atoms with Gasteiger partial charge in [-0.3, -0.25) is 4.55 Å². The minimum absolute atomic E-state index is 0. The van der Waals surface area contributed by atoms with Crippen LogP contribution in [0.15, 0.2) is 0 Å². The van der Waals surface area contributed by atoms with Gasteiger partial charge in [0.25, 0.3) is 0 Å². The van der Waals surface area contributed by atoms with Crippen molar-refractivity contribution in [1.29, 1.82) is 0 Å². The van der Waals surface area contributed by atoms with Crippen LogP contribution in [0.1, 0.15) is 102 Å². The van der Waals surface area contributed by atoms with E-state index in [1.54, 1.807) is 38.5 Å². The maximum atomic E-state index is 9.56. The van der Waals surface area contributed by atoms with Crippen LogP contribution in [0.5, 0.6) is 0 Å². The van der Waals surface area contributed by atoms with E-state index in [2.05, 4.69) is 38.8 Å². The van der Waals surface area contributed by atoms with Crippen molar-refractivity contribution < 1.29 is 17.2 Å². The van der Waals surface area contributed by atoms with Gasteiger partial charge in [0.05, 0.1) is 6.61 Å². The number of hydrogen-bond acceptors (Lipinski definition) is 3. The van der Waals surface area contributed by atoms with Gasteiger partial charge >= 0.3 is 10.4 Å². The summed E-state index contributed by atoms with van der Waals surface area (Å²) in [6, 6.07) is 0. The molecule has 0 aromatic carbocycles. The SMILES string of the molecule is C.C.C.CC(C)(C)C.CC12CC3CC(CC(C3)C1)C2.CCOS(=O)(=O)O. The van der Waals surface area contributed by atoms with Crippen molar-refractivity contribution in [2.24, 2.45) is 28.6 Å². The molecule has 0 aromatic rings. The molecule has 0 saturated heterocycles. The summed E-state index contributed by atoms with van der Waals surface area (Å²) < 4.78 is 30.7. The highest BCUT2D eigenvalue weighted by atomic mass is 32.3. The van der Waals surface area contributed by atoms with Crippen LogP contribution < -0.4 is 0 Å². The van der Waals surface area contributed by atoms with Gasteiger partial charge in [-0.2, -0.15) is 8.42 Å². The molecule has 4 aliphatic carbocycles. The predicted octanol–water partition coefficient (Wildman–Crippen LogP) is 7.01. The lowest BCUT2D eigenvalue weighted by atomic mass is 9.50. The molecule has 1 N–H and O–H groups in total. The van der Waals surface area contributed by atoms with Crippen LogP contribution in [-0.2, 0) is 14.6 Å². The zero-order valence-electron chi connectivity index (χ0n) is 15.8. The average Bonchev–Trinajstić information content (AvgIpc) is 2.21. The zero-order chi connectivity index (χ0) is 17.9. The van der Waals surface area contributed by atoms with Gasteiger partial charge in [-0.15, -0.1) is 0 Å². The molecule has 4 saturated carbocycles. The Labute approximate surface area is 165 Å². The Morgan fingerprint density at radius 1 is 0.923 bits per heavy atom. The van der Waals surface area contributed by atoms with E-state index in [0.717, 1.165) is 23.2 Å². The molecule has 4 nitrogen and oxygen atoms in total. The quantitative estimate of drug-likeness (QED) is 0.510. The highest BCUT2D eigenvalue weighted by molar-refractivity contribution is 7.80. The second kappa shape index (κ2) is 11.7. The minimum atomic E-state index is -4.17. The van der Waals surface area contributed by atoms with Crippen molar-refractivity contribution in [2.75, 3.05) is 6.61 Å². The van der Waals surface area contributed by atoms with Gasteiger partial charge in [0.15, 0.2) is 0 Å². The summed E-state index contributed by atoms with van der Waals surface area (Å²) in [7, 11) is -4.17. The summed E-state index contributed by atoms with van der Waals surface area (Å²) in [6.45, 7) is 12.7. The lowest BCUT2D eigenvalue weighted by molar-refractivity contribution is -0.0411. The second-order valence-electron chi connectivity index (χ2n) is 9.56. The average molecular weight is 397 g/mol. The van der Waals surface area contributed by atoms with E-state index >= 15 is 0 Å². The molecule has 0 spiro atoms. The summed E-state index contributed by atoms with van der Waals surface area (Å²) in [5.74, 6) is 3.43. The molecule has 0 unspecified atom stereocenters. The first kappa shape index (κ1) is 30.6. The van der Waals surface area contributed by atoms with E-state index in [4.69, 9.17) is 4.55 Å². The molecule has 0 aromatic heterocycles. The van der Waals surface area contributed by atoms with Gasteiger partial charge in [0, 0.05) is 0 Å². The fourth-order valence-corrected chi connectivity index (χ4v) is 4.99. The fourth-order valence-electron chi connectivity index (χ4n) is 4.69. The lowest BCUT2D eigenvalue weighted by Crippen LogP contribution is -2.44. The molecule has 5 heteroatoms. The van der Waals surface area contributed by atoms with E-state index in [-0.39, 0.29) is 28.9 Å². The van der Waals surface area contributed by atoms with Crippen molar-refractivity contribution in [1.82, 2.24) is 0 Å². The topological polar surface area (TPSA) is 63.6 Å². The van der Waals surface area contributed by atoms with Crippen LogP contribution in [0.2, 0.25) is 0 Å². The van der Waals surface area contributed by atoms with Gasteiger partial charge < -0.3 is 0 Å². The summed E-state index contributed by atoms with van der Waals surface area (Å²) in [5.41, 5.74) is 1.30. The van der Waals surface area contributed by atoms with Crippen molar-refractivity contribution in [3.8, 4) is 0 Å². The molecule has 4 rings (SSSR count). The summed E-state index contributed by atoms with van der Waals surface area (Å²) in [5, 5.41) is 0. The van der Waals surface area contributed by atoms with Gasteiger partial charge in [-0.25, -0.2) is 4.18 Å². The maximum absolute atomic E-state index is 9.56. The normalized spacial score (nSPS) is 31.0. The Kier molecular flexibility index (Phi) is 13.7. The summed E-state index contributed by atoms with van der Waals surface area (Å²) in [4.78, 5) is 0. The first-order chi connectivity index (χ1) is 10.3. The van der Waals surface area contributed by atoms with Crippen molar-refractivity contribution in [3.05, 3.63) is 0 Å². The molecule has 0 amide bonds. The third-order valence-corrected chi connectivity index (χ3v) is 5.14. The Morgan fingerprint density at radius 2 is 1.19 bits per heavy atom. The predicted molar refractivity (Wildman–Crippen MR) is 115 cm³/mol. The fraction of sp³-hybridized carbons (Fsp3) is 1.00. The number of hydrogen-bond donors (Lipinski definition) is 1. The molecular formula is C21H48O4S. The third-order valence-electron chi connectivity index (χ3n) is 4.61. The zero-order valence-corrected chi connectivity index (χ0v) is 16.6. The van der Waals surface area contributed by atoms with Crippen molar-refractivity contribution >= 4 is 10.4 Å². The molecule has 0 atom stereocenters. The molecule has 26 heavy (non-hydrogen) atoms. The molecule has 4 fully saturated rings. The molecule has 0 radical (unpaired) electrons. The molecule has 0 heterocycles. The number of rotatable bonds is 2. The first-order valence-electron chi connectivity index (χ1n) is 8.91. The Balaban J connectivity index is -0.000000316. The molecule has 162 valence electrons. The third kappa shape index (κ3) is 13.1. The van der Waals surface area contributed by atoms with E-state index in [1.165, 1.54) is 6.92 Å². The molecule has 4 bridgehead atoms. The van der Waals surface area contributed by atoms with E-state index in [0.29, 0.717) is 5.41 Å². The second-order valence-corrected chi connectivity index (χ2v) is 10.7. The first-order valence-corrected chi connectivity index (χ1v) is 10.3. The largest absolute Gasteiger partial charge is 0.397 e. The van der Waals surface area contributed by atoms with Crippen LogP contribution in [0.3, 0.4) is 0 Å². The molecule has 4 aliphatic rings. The van der Waals surface area contributed by atoms with Gasteiger partial charge in [0.1, 0.15) is 0 Å².